The molecule has 2 aliphatic heterocycles. The van der Waals surface area contributed by atoms with Gasteiger partial charge in [-0.25, -0.2) is 36.9 Å². The number of para-hydroxylation sites is 2. The van der Waals surface area contributed by atoms with E-state index in [9.17, 15) is 45.5 Å². The average molecular weight is 1590 g/mol. The first kappa shape index (κ1) is 80.5. The molecule has 0 bridgehead atoms. The highest BCUT2D eigenvalue weighted by molar-refractivity contribution is 14.1. The molecule has 0 unspecified atom stereocenters. The van der Waals surface area contributed by atoms with Crippen LogP contribution in [0.25, 0.3) is 55.7 Å². The molecule has 0 saturated heterocycles. The highest BCUT2D eigenvalue weighted by atomic mass is 127. The minimum absolute atomic E-state index is 0.000915. The summed E-state index contributed by atoms with van der Waals surface area (Å²) in [6, 6.07) is 29.5. The molecule has 4 aromatic heterocycles. The molecule has 10 aromatic rings. The molecule has 2 aliphatic rings. The molecule has 568 valence electrons. The molecule has 26 heteroatoms. The highest BCUT2D eigenvalue weighted by Crippen LogP contribution is 2.50. The van der Waals surface area contributed by atoms with Crippen molar-refractivity contribution in [1.82, 2.24) is 48.3 Å². The zero-order chi connectivity index (χ0) is 78.1. The number of aromatic nitrogens is 6. The molecule has 0 atom stereocenters. The summed E-state index contributed by atoms with van der Waals surface area (Å²) in [7, 11) is 7.15. The normalized spacial score (nSPS) is 14.1. The van der Waals surface area contributed by atoms with E-state index in [2.05, 4.69) is 75.6 Å². The van der Waals surface area contributed by atoms with Crippen LogP contribution in [0.2, 0.25) is 0 Å². The second-order valence-corrected chi connectivity index (χ2v) is 29.0. The molecule has 0 aliphatic carbocycles. The number of carbonyl (C=O) groups is 4. The number of alkyl halides is 7. The number of benzene rings is 6. The van der Waals surface area contributed by atoms with Crippen molar-refractivity contribution in [3.8, 4) is 33.9 Å². The van der Waals surface area contributed by atoms with Gasteiger partial charge in [0.25, 0.3) is 0 Å². The van der Waals surface area contributed by atoms with Gasteiger partial charge in [0.2, 0.25) is 6.79 Å². The summed E-state index contributed by atoms with van der Waals surface area (Å²) in [5, 5.41) is 11.6. The Morgan fingerprint density at radius 2 is 0.907 bits per heavy atom. The van der Waals surface area contributed by atoms with Crippen LogP contribution in [0, 0.1) is 25.5 Å². The molecule has 6 aromatic carbocycles. The largest absolute Gasteiger partial charge is 0.438 e. The van der Waals surface area contributed by atoms with Crippen molar-refractivity contribution in [1.29, 1.82) is 0 Å². The van der Waals surface area contributed by atoms with Crippen LogP contribution in [0.15, 0.2) is 122 Å². The Balaban J connectivity index is 0.000000211. The predicted molar refractivity (Wildman–Crippen MR) is 405 cm³/mol. The smallest absolute Gasteiger partial charge is 0.421 e. The minimum Gasteiger partial charge on any atom is -0.438 e. The Kier molecular flexibility index (Phi) is 24.3. The van der Waals surface area contributed by atoms with Crippen molar-refractivity contribution >= 4 is 68.3 Å². The van der Waals surface area contributed by atoms with Gasteiger partial charge in [-0.1, -0.05) is 76.2 Å². The quantitative estimate of drug-likeness (QED) is 0.0248. The third kappa shape index (κ3) is 16.5. The Labute approximate surface area is 631 Å². The fraction of sp³-hybridized carbons (Fsp3) is 0.383. The number of rotatable bonds is 19. The average Bonchev–Trinajstić information content (AvgIpc) is 1.56. The summed E-state index contributed by atoms with van der Waals surface area (Å²) in [5.41, 5.74) is 12.8. The van der Waals surface area contributed by atoms with Crippen molar-refractivity contribution in [2.45, 2.75) is 151 Å². The number of nitrogens with zero attached hydrogens (tertiary/aromatic N) is 10. The third-order valence-corrected chi connectivity index (χ3v) is 20.2. The van der Waals surface area contributed by atoms with Crippen LogP contribution in [0.1, 0.15) is 140 Å². The lowest BCUT2D eigenvalue weighted by molar-refractivity contribution is -0.152. The molecule has 0 saturated carbocycles. The second-order valence-electron chi connectivity index (χ2n) is 28.4. The maximum atomic E-state index is 15.7. The van der Waals surface area contributed by atoms with Gasteiger partial charge in [0, 0.05) is 71.6 Å². The zero-order valence-electron chi connectivity index (χ0n) is 62.8. The molecule has 0 amide bonds. The molecule has 6 heterocycles. The van der Waals surface area contributed by atoms with Crippen molar-refractivity contribution in [2.75, 3.05) is 52.7 Å². The summed E-state index contributed by atoms with van der Waals surface area (Å²) in [6.07, 6.45) is -4.50. The minimum atomic E-state index is -4.44. The Bertz CT molecular complexity index is 4960. The molecular formula is C81H89F8IN10O7. The zero-order valence-corrected chi connectivity index (χ0v) is 64.9. The van der Waals surface area contributed by atoms with Gasteiger partial charge in [0.1, 0.15) is 22.0 Å². The molecule has 107 heavy (non-hydrogen) atoms. The number of hydrogen-bond acceptors (Lipinski definition) is 13. The SMILES string of the molecule is CC(=O)CN(C)C.CCc1cccc(CC)c1-n1nc2c(c1-c1ccc(F)c3c1ccn3C(=O)OCI)CN(Cc1ccc(C(F)(F)F)cc1C)C2(C)C.CCc1cccc(CC)c1-n1nc2c(c1-c1ccc(F)c3c1ccn3C(=O)OCOC(=O)CN(C)C)CN(Cc1ccc(C(F)(F)F)cc1C)C2(C)C. The predicted octanol–water partition coefficient (Wildman–Crippen LogP) is 18.2. The first-order valence-electron chi connectivity index (χ1n) is 35.3. The number of Topliss-reactive ketones (excluding diaryl/α,β-unsaturated/α-hetero) is 1. The molecule has 0 N–H and O–H groups in total. The fourth-order valence-electron chi connectivity index (χ4n) is 14.4. The second kappa shape index (κ2) is 32.4. The number of ketones is 1. The fourth-order valence-corrected chi connectivity index (χ4v) is 14.6. The van der Waals surface area contributed by atoms with Crippen LogP contribution in [0.4, 0.5) is 44.7 Å². The van der Waals surface area contributed by atoms with Gasteiger partial charge in [-0.15, -0.1) is 0 Å². The van der Waals surface area contributed by atoms with Crippen molar-refractivity contribution in [3.63, 3.8) is 0 Å². The molecule has 0 fully saturated rings. The summed E-state index contributed by atoms with van der Waals surface area (Å²) in [6.45, 7) is 23.1. The Hall–Kier alpha value is -9.09. The van der Waals surface area contributed by atoms with Gasteiger partial charge in [-0.3, -0.25) is 24.3 Å². The van der Waals surface area contributed by atoms with E-state index in [1.165, 1.54) is 47.3 Å². The maximum absolute atomic E-state index is 15.7. The molecule has 17 nitrogen and oxygen atoms in total. The summed E-state index contributed by atoms with van der Waals surface area (Å²) in [5.74, 6) is -1.57. The van der Waals surface area contributed by atoms with E-state index < -0.39 is 71.1 Å². The number of hydrogen-bond donors (Lipinski definition) is 0. The van der Waals surface area contributed by atoms with Crippen LogP contribution >= 0.6 is 22.6 Å². The monoisotopic (exact) mass is 1590 g/mol. The topological polar surface area (TPSA) is 154 Å². The lowest BCUT2D eigenvalue weighted by Gasteiger charge is -2.32. The van der Waals surface area contributed by atoms with Crippen molar-refractivity contribution in [2.24, 2.45) is 0 Å². The number of carbonyl (C=O) groups excluding carboxylic acids is 4. The third-order valence-electron chi connectivity index (χ3n) is 19.9. The van der Waals surface area contributed by atoms with Gasteiger partial charge in [0.05, 0.1) is 80.5 Å². The van der Waals surface area contributed by atoms with Gasteiger partial charge in [-0.2, -0.15) is 36.5 Å². The van der Waals surface area contributed by atoms with Crippen LogP contribution in [0.3, 0.4) is 0 Å². The van der Waals surface area contributed by atoms with Crippen LogP contribution < -0.4 is 0 Å². The number of likely N-dealkylation sites (N-methyl/N-ethyl adjacent to an activating group) is 2. The van der Waals surface area contributed by atoms with Gasteiger partial charge in [0.15, 0.2) is 0 Å². The van der Waals surface area contributed by atoms with Crippen LogP contribution in [-0.4, -0.2) is 125 Å². The van der Waals surface area contributed by atoms with Crippen LogP contribution in [-0.2, 0) is 99.1 Å². The lowest BCUT2D eigenvalue weighted by atomic mass is 9.96. The van der Waals surface area contributed by atoms with E-state index in [0.29, 0.717) is 65.8 Å². The van der Waals surface area contributed by atoms with Gasteiger partial charge < -0.3 is 19.1 Å². The summed E-state index contributed by atoms with van der Waals surface area (Å²) < 4.78 is 134. The van der Waals surface area contributed by atoms with E-state index in [4.69, 9.17) is 24.4 Å². The molecular weight excluding hydrogens is 1500 g/mol. The number of fused-ring (bicyclic) bond motifs is 4. The number of halogens is 9. The summed E-state index contributed by atoms with van der Waals surface area (Å²) in [4.78, 5) is 56.0. The number of aryl methyl sites for hydroxylation is 6. The van der Waals surface area contributed by atoms with Gasteiger partial charge in [-0.05, 0) is 230 Å². The van der Waals surface area contributed by atoms with E-state index in [1.807, 2.05) is 76.9 Å². The van der Waals surface area contributed by atoms with E-state index in [-0.39, 0.29) is 28.0 Å². The number of ether oxygens (including phenoxy) is 3. The molecule has 0 radical (unpaired) electrons. The maximum Gasteiger partial charge on any atom is 0.421 e. The van der Waals surface area contributed by atoms with Gasteiger partial charge >= 0.3 is 30.5 Å². The number of esters is 1. The standard InChI is InChI=1S/C40H43F4N5O4.C36H35F4IN4O2.C5H11NO/c1-8-25-11-10-12-26(9-2)34(25)49-35(29-15-16-32(41)36-30(29)17-18-48(36)38(51)53-23-52-33(50)22-46(6)7)31-21-47(39(4,5)37(31)45-49)20-27-13-14-28(19-24(27)3)40(42,43)44;1-6-22-9-8-10-23(7-2)30(22)45-31(26-13-14-29(37)32-27(26)15-16-44(32)34(46)47-20-41)28-19-43(35(4,5)33(28)42-45)18-24-11-12-25(17-21(24)3)36(38,39)40;1-5(7)4-6(2)3/h10-19H,8-9,20-23H2,1-7H3;8-17H,6-7,18-20H2,1-5H3;4H2,1-3H3. The van der Waals surface area contributed by atoms with E-state index in [1.54, 1.807) is 70.1 Å². The summed E-state index contributed by atoms with van der Waals surface area (Å²) >= 11 is 1.92. The van der Waals surface area contributed by atoms with E-state index in [0.717, 1.165) is 121 Å². The first-order valence-corrected chi connectivity index (χ1v) is 36.8. The highest BCUT2D eigenvalue weighted by Gasteiger charge is 2.46. The Morgan fingerprint density at radius 1 is 0.523 bits per heavy atom. The molecule has 0 spiro atoms. The van der Waals surface area contributed by atoms with Crippen LogP contribution in [0.5, 0.6) is 0 Å². The van der Waals surface area contributed by atoms with Crippen molar-refractivity contribution < 1.29 is 68.5 Å². The first-order chi connectivity index (χ1) is 50.5. The lowest BCUT2D eigenvalue weighted by Crippen LogP contribution is -2.36. The molecule has 12 rings (SSSR count). The van der Waals surface area contributed by atoms with E-state index >= 15 is 8.78 Å². The van der Waals surface area contributed by atoms with Crippen molar-refractivity contribution in [3.05, 3.63) is 211 Å². The Morgan fingerprint density at radius 3 is 1.23 bits per heavy atom.